The zero-order valence-electron chi connectivity index (χ0n) is 19.4. The van der Waals surface area contributed by atoms with Crippen molar-refractivity contribution in [2.24, 2.45) is 7.05 Å². The van der Waals surface area contributed by atoms with E-state index in [2.05, 4.69) is 16.0 Å². The minimum absolute atomic E-state index is 0.308. The second-order valence-corrected chi connectivity index (χ2v) is 7.54. The molecule has 4 rings (SSSR count). The van der Waals surface area contributed by atoms with Crippen molar-refractivity contribution in [3.05, 3.63) is 71.4 Å². The summed E-state index contributed by atoms with van der Waals surface area (Å²) < 4.78 is 12.4. The first-order chi connectivity index (χ1) is 16.4. The number of aromatic nitrogens is 3. The summed E-state index contributed by atoms with van der Waals surface area (Å²) in [5.74, 6) is -0.0152. The van der Waals surface area contributed by atoms with Crippen molar-refractivity contribution in [1.29, 1.82) is 0 Å². The number of carbonyl (C=O) groups is 2. The molecule has 4 aromatic rings. The molecule has 0 aliphatic rings. The van der Waals surface area contributed by atoms with Gasteiger partial charge in [0.2, 0.25) is 0 Å². The van der Waals surface area contributed by atoms with Crippen LogP contribution in [0.4, 0.5) is 0 Å². The first-order valence-electron chi connectivity index (χ1n) is 10.7. The first kappa shape index (κ1) is 22.8. The molecule has 0 saturated heterocycles. The summed E-state index contributed by atoms with van der Waals surface area (Å²) in [5.41, 5.74) is 8.37. The molecule has 0 bridgehead atoms. The van der Waals surface area contributed by atoms with E-state index in [0.717, 1.165) is 5.56 Å². The molecule has 2 aromatic heterocycles. The molecule has 2 aromatic carbocycles. The van der Waals surface area contributed by atoms with Crippen LogP contribution in [0.3, 0.4) is 0 Å². The molecular formula is C25H25N5O4. The predicted molar refractivity (Wildman–Crippen MR) is 128 cm³/mol. The van der Waals surface area contributed by atoms with Crippen LogP contribution >= 0.6 is 0 Å². The maximum atomic E-state index is 13.2. The lowest BCUT2D eigenvalue weighted by Gasteiger charge is -2.12. The van der Waals surface area contributed by atoms with Crippen LogP contribution in [0.25, 0.3) is 22.3 Å². The number of methoxy groups -OCH3 is 1. The number of rotatable bonds is 6. The lowest BCUT2D eigenvalue weighted by atomic mass is 10.1. The highest BCUT2D eigenvalue weighted by Gasteiger charge is 2.20. The Hall–Kier alpha value is -4.40. The van der Waals surface area contributed by atoms with Gasteiger partial charge in [-0.3, -0.25) is 25.1 Å². The van der Waals surface area contributed by atoms with Crippen molar-refractivity contribution in [3.8, 4) is 22.8 Å². The Balaban J connectivity index is 1.61. The van der Waals surface area contributed by atoms with Crippen molar-refractivity contribution < 1.29 is 19.1 Å². The molecule has 174 valence electrons. The summed E-state index contributed by atoms with van der Waals surface area (Å²) in [4.78, 5) is 30.6. The third-order valence-corrected chi connectivity index (χ3v) is 5.30. The zero-order valence-corrected chi connectivity index (χ0v) is 19.4. The number of ether oxygens (including phenoxy) is 2. The van der Waals surface area contributed by atoms with E-state index in [1.54, 1.807) is 36.0 Å². The third-order valence-electron chi connectivity index (χ3n) is 5.30. The van der Waals surface area contributed by atoms with Crippen LogP contribution in [0.1, 0.15) is 33.3 Å². The van der Waals surface area contributed by atoms with E-state index in [1.807, 2.05) is 44.2 Å². The summed E-state index contributed by atoms with van der Waals surface area (Å²) >= 11 is 0. The first-order valence-corrected chi connectivity index (χ1v) is 10.7. The minimum Gasteiger partial charge on any atom is -0.493 e. The van der Waals surface area contributed by atoms with Gasteiger partial charge in [0.15, 0.2) is 17.1 Å². The van der Waals surface area contributed by atoms with Crippen LogP contribution in [-0.4, -0.2) is 40.3 Å². The summed E-state index contributed by atoms with van der Waals surface area (Å²) in [6, 6.07) is 16.1. The number of benzene rings is 2. The maximum Gasteiger partial charge on any atom is 0.270 e. The van der Waals surface area contributed by atoms with E-state index >= 15 is 0 Å². The molecule has 9 nitrogen and oxygen atoms in total. The molecule has 0 fully saturated rings. The fraction of sp³-hybridized carbons (Fsp3) is 0.200. The summed E-state index contributed by atoms with van der Waals surface area (Å²) in [6.45, 7) is 4.14. The van der Waals surface area contributed by atoms with Gasteiger partial charge in [-0.1, -0.05) is 30.3 Å². The number of nitrogens with zero attached hydrogens (tertiary/aromatic N) is 3. The van der Waals surface area contributed by atoms with Crippen LogP contribution < -0.4 is 20.3 Å². The number of hydrogen-bond donors (Lipinski definition) is 2. The highest BCUT2D eigenvalue weighted by Crippen LogP contribution is 2.28. The molecule has 2 N–H and O–H groups in total. The van der Waals surface area contributed by atoms with Gasteiger partial charge in [0, 0.05) is 18.2 Å². The van der Waals surface area contributed by atoms with E-state index in [9.17, 15) is 9.59 Å². The van der Waals surface area contributed by atoms with E-state index in [1.165, 1.54) is 7.11 Å². The molecule has 0 aliphatic heterocycles. The largest absolute Gasteiger partial charge is 0.493 e. The van der Waals surface area contributed by atoms with Gasteiger partial charge in [0.1, 0.15) is 0 Å². The predicted octanol–water partition coefficient (Wildman–Crippen LogP) is 3.43. The fourth-order valence-electron chi connectivity index (χ4n) is 3.72. The van der Waals surface area contributed by atoms with E-state index in [4.69, 9.17) is 14.5 Å². The van der Waals surface area contributed by atoms with E-state index in [-0.39, 0.29) is 0 Å². The third kappa shape index (κ3) is 4.40. The standard InChI is InChI=1S/C25H25N5O4/c1-5-34-20-12-11-17(13-21(20)33-4)24(31)27-28-25(32)18-14-19(16-9-7-6-8-10-16)26-23-22(18)15(2)29-30(23)3/h6-14H,5H2,1-4H3,(H,27,31)(H,28,32). The average Bonchev–Trinajstić information content (AvgIpc) is 3.15. The van der Waals surface area contributed by atoms with Gasteiger partial charge in [-0.05, 0) is 38.1 Å². The van der Waals surface area contributed by atoms with Gasteiger partial charge in [0.05, 0.1) is 36.1 Å². The summed E-state index contributed by atoms with van der Waals surface area (Å²) in [7, 11) is 3.27. The van der Waals surface area contributed by atoms with Gasteiger partial charge in [-0.25, -0.2) is 4.98 Å². The van der Waals surface area contributed by atoms with Crippen molar-refractivity contribution in [2.45, 2.75) is 13.8 Å². The smallest absolute Gasteiger partial charge is 0.270 e. The quantitative estimate of drug-likeness (QED) is 0.428. The number of hydrogen-bond acceptors (Lipinski definition) is 6. The number of fused-ring (bicyclic) bond motifs is 1. The molecule has 0 atom stereocenters. The SMILES string of the molecule is CCOc1ccc(C(=O)NNC(=O)c2cc(-c3ccccc3)nc3c2c(C)nn3C)cc1OC. The van der Waals surface area contributed by atoms with Gasteiger partial charge in [-0.15, -0.1) is 0 Å². The Morgan fingerprint density at radius 1 is 1.00 bits per heavy atom. The Bertz CT molecular complexity index is 1360. The summed E-state index contributed by atoms with van der Waals surface area (Å²) in [5, 5.41) is 5.04. The van der Waals surface area contributed by atoms with Crippen LogP contribution in [0.15, 0.2) is 54.6 Å². The van der Waals surface area contributed by atoms with Gasteiger partial charge < -0.3 is 9.47 Å². The number of pyridine rings is 1. The van der Waals surface area contributed by atoms with E-state index in [0.29, 0.717) is 51.7 Å². The molecule has 2 amide bonds. The van der Waals surface area contributed by atoms with Crippen LogP contribution in [0.5, 0.6) is 11.5 Å². The molecular weight excluding hydrogens is 434 g/mol. The molecule has 0 aliphatic carbocycles. The van der Waals surface area contributed by atoms with Crippen LogP contribution in [-0.2, 0) is 7.05 Å². The normalized spacial score (nSPS) is 10.7. The fourth-order valence-corrected chi connectivity index (χ4v) is 3.72. The van der Waals surface area contributed by atoms with Crippen molar-refractivity contribution in [3.63, 3.8) is 0 Å². The highest BCUT2D eigenvalue weighted by molar-refractivity contribution is 6.08. The van der Waals surface area contributed by atoms with Crippen molar-refractivity contribution >= 4 is 22.8 Å². The molecule has 0 radical (unpaired) electrons. The number of nitrogens with one attached hydrogen (secondary N) is 2. The second kappa shape index (κ2) is 9.62. The molecule has 2 heterocycles. The highest BCUT2D eigenvalue weighted by atomic mass is 16.5. The molecule has 0 spiro atoms. The van der Waals surface area contributed by atoms with Crippen molar-refractivity contribution in [2.75, 3.05) is 13.7 Å². The molecule has 0 unspecified atom stereocenters. The van der Waals surface area contributed by atoms with Gasteiger partial charge >= 0.3 is 0 Å². The lowest BCUT2D eigenvalue weighted by Crippen LogP contribution is -2.41. The Kier molecular flexibility index (Phi) is 6.44. The maximum absolute atomic E-state index is 13.2. The number of aryl methyl sites for hydroxylation is 2. The summed E-state index contributed by atoms with van der Waals surface area (Å²) in [6.07, 6.45) is 0. The Morgan fingerprint density at radius 3 is 2.44 bits per heavy atom. The topological polar surface area (TPSA) is 107 Å². The zero-order chi connectivity index (χ0) is 24.2. The van der Waals surface area contributed by atoms with Crippen molar-refractivity contribution in [1.82, 2.24) is 25.6 Å². The monoisotopic (exact) mass is 459 g/mol. The van der Waals surface area contributed by atoms with Gasteiger partial charge in [-0.2, -0.15) is 5.10 Å². The lowest BCUT2D eigenvalue weighted by molar-refractivity contribution is 0.0847. The number of hydrazine groups is 1. The van der Waals surface area contributed by atoms with Crippen LogP contribution in [0, 0.1) is 6.92 Å². The Morgan fingerprint density at radius 2 is 1.74 bits per heavy atom. The number of carbonyl (C=O) groups excluding carboxylic acids is 2. The average molecular weight is 460 g/mol. The minimum atomic E-state index is -0.494. The molecule has 34 heavy (non-hydrogen) atoms. The molecule has 9 heteroatoms. The van der Waals surface area contributed by atoms with Crippen LogP contribution in [0.2, 0.25) is 0 Å². The van der Waals surface area contributed by atoms with Gasteiger partial charge in [0.25, 0.3) is 11.8 Å². The number of amides is 2. The second-order valence-electron chi connectivity index (χ2n) is 7.54. The molecule has 0 saturated carbocycles. The Labute approximate surface area is 196 Å². The van der Waals surface area contributed by atoms with E-state index < -0.39 is 11.8 Å².